The van der Waals surface area contributed by atoms with E-state index < -0.39 is 5.97 Å². The highest BCUT2D eigenvalue weighted by atomic mass is 35.5. The highest BCUT2D eigenvalue weighted by Gasteiger charge is 2.01. The number of halogens is 1. The zero-order valence-electron chi connectivity index (χ0n) is 6.83. The molecule has 4 heteroatoms. The Kier molecular flexibility index (Phi) is 3.63. The molecular weight excluding hydrogens is 208 g/mol. The third-order valence-corrected chi connectivity index (χ3v) is 2.05. The summed E-state index contributed by atoms with van der Waals surface area (Å²) in [6.45, 7) is 0. The fraction of sp³-hybridized carbons (Fsp3) is 0.222. The normalized spacial score (nSPS) is 10.0. The first-order valence-corrected chi connectivity index (χ1v) is 4.60. The molecule has 1 N–H and O–H groups in total. The average molecular weight is 217 g/mol. The first kappa shape index (κ1) is 10.4. The van der Waals surface area contributed by atoms with E-state index in [1.807, 2.05) is 6.07 Å². The van der Waals surface area contributed by atoms with Gasteiger partial charge in [0.05, 0.1) is 0 Å². The second-order valence-corrected chi connectivity index (χ2v) is 3.66. The van der Waals surface area contributed by atoms with Gasteiger partial charge in [-0.2, -0.15) is 0 Å². The molecule has 0 amide bonds. The lowest BCUT2D eigenvalue weighted by molar-refractivity contribution is -0.136. The standard InChI is InChI=1S/C9H9ClO2S/c10-7-3-6(1-2-9(11)12)4-8(13)5-7/h3-5,13H,1-2H2,(H,11,12). The highest BCUT2D eigenvalue weighted by Crippen LogP contribution is 2.18. The van der Waals surface area contributed by atoms with E-state index in [0.29, 0.717) is 11.4 Å². The van der Waals surface area contributed by atoms with Gasteiger partial charge in [0, 0.05) is 16.3 Å². The van der Waals surface area contributed by atoms with Gasteiger partial charge < -0.3 is 5.11 Å². The molecule has 2 nitrogen and oxygen atoms in total. The first-order chi connectivity index (χ1) is 6.08. The maximum atomic E-state index is 10.3. The van der Waals surface area contributed by atoms with E-state index in [2.05, 4.69) is 12.6 Å². The topological polar surface area (TPSA) is 37.3 Å². The molecule has 0 aromatic heterocycles. The lowest BCUT2D eigenvalue weighted by Crippen LogP contribution is -1.97. The van der Waals surface area contributed by atoms with Crippen LogP contribution in [0.4, 0.5) is 0 Å². The van der Waals surface area contributed by atoms with Crippen molar-refractivity contribution in [1.82, 2.24) is 0 Å². The third kappa shape index (κ3) is 3.70. The number of thiol groups is 1. The summed E-state index contributed by atoms with van der Waals surface area (Å²) in [4.78, 5) is 11.0. The van der Waals surface area contributed by atoms with Crippen molar-refractivity contribution in [2.45, 2.75) is 17.7 Å². The molecule has 1 aromatic rings. The molecule has 1 aromatic carbocycles. The van der Waals surface area contributed by atoms with Crippen LogP contribution in [0.1, 0.15) is 12.0 Å². The Hall–Kier alpha value is -0.670. The van der Waals surface area contributed by atoms with E-state index in [0.717, 1.165) is 10.5 Å². The van der Waals surface area contributed by atoms with Crippen LogP contribution in [-0.4, -0.2) is 11.1 Å². The fourth-order valence-electron chi connectivity index (χ4n) is 1.03. The largest absolute Gasteiger partial charge is 0.481 e. The molecule has 0 saturated heterocycles. The van der Waals surface area contributed by atoms with E-state index in [4.69, 9.17) is 16.7 Å². The van der Waals surface area contributed by atoms with Gasteiger partial charge >= 0.3 is 5.97 Å². The molecular formula is C9H9ClO2S. The molecule has 1 rings (SSSR count). The second kappa shape index (κ2) is 4.53. The minimum absolute atomic E-state index is 0.119. The molecule has 0 fully saturated rings. The van der Waals surface area contributed by atoms with Crippen molar-refractivity contribution in [2.24, 2.45) is 0 Å². The fourth-order valence-corrected chi connectivity index (χ4v) is 1.67. The molecule has 0 bridgehead atoms. The van der Waals surface area contributed by atoms with Crippen molar-refractivity contribution < 1.29 is 9.90 Å². The van der Waals surface area contributed by atoms with Gasteiger partial charge in [-0.15, -0.1) is 12.6 Å². The SMILES string of the molecule is O=C(O)CCc1cc(S)cc(Cl)c1. The van der Waals surface area contributed by atoms with Crippen molar-refractivity contribution in [2.75, 3.05) is 0 Å². The predicted molar refractivity (Wildman–Crippen MR) is 54.7 cm³/mol. The van der Waals surface area contributed by atoms with Crippen LogP contribution in [0.5, 0.6) is 0 Å². The maximum absolute atomic E-state index is 10.3. The number of rotatable bonds is 3. The molecule has 0 aliphatic carbocycles. The molecule has 0 heterocycles. The molecule has 0 radical (unpaired) electrons. The number of carbonyl (C=O) groups is 1. The number of aryl methyl sites for hydroxylation is 1. The Morgan fingerprint density at radius 3 is 2.69 bits per heavy atom. The lowest BCUT2D eigenvalue weighted by Gasteiger charge is -2.01. The van der Waals surface area contributed by atoms with Crippen LogP contribution in [0.15, 0.2) is 23.1 Å². The highest BCUT2D eigenvalue weighted by molar-refractivity contribution is 7.80. The first-order valence-electron chi connectivity index (χ1n) is 3.78. The maximum Gasteiger partial charge on any atom is 0.303 e. The summed E-state index contributed by atoms with van der Waals surface area (Å²) in [5, 5.41) is 9.05. The van der Waals surface area contributed by atoms with Gasteiger partial charge in [0.2, 0.25) is 0 Å². The van der Waals surface area contributed by atoms with E-state index in [1.54, 1.807) is 12.1 Å². The summed E-state index contributed by atoms with van der Waals surface area (Å²) in [7, 11) is 0. The lowest BCUT2D eigenvalue weighted by atomic mass is 10.1. The van der Waals surface area contributed by atoms with E-state index >= 15 is 0 Å². The summed E-state index contributed by atoms with van der Waals surface area (Å²) in [6.07, 6.45) is 0.608. The summed E-state index contributed by atoms with van der Waals surface area (Å²) < 4.78 is 0. The minimum Gasteiger partial charge on any atom is -0.481 e. The number of hydrogen-bond donors (Lipinski definition) is 2. The van der Waals surface area contributed by atoms with Gasteiger partial charge in [0.1, 0.15) is 0 Å². The Morgan fingerprint density at radius 2 is 2.15 bits per heavy atom. The number of benzene rings is 1. The molecule has 0 unspecified atom stereocenters. The van der Waals surface area contributed by atoms with Crippen LogP contribution < -0.4 is 0 Å². The quantitative estimate of drug-likeness (QED) is 0.763. The molecule has 0 spiro atoms. The molecule has 0 saturated carbocycles. The van der Waals surface area contributed by atoms with Gasteiger partial charge in [-0.25, -0.2) is 0 Å². The van der Waals surface area contributed by atoms with Crippen LogP contribution in [0.25, 0.3) is 0 Å². The molecule has 0 aliphatic heterocycles. The van der Waals surface area contributed by atoms with Crippen LogP contribution in [0, 0.1) is 0 Å². The Bertz CT molecular complexity index is 305. The van der Waals surface area contributed by atoms with Gasteiger partial charge in [-0.1, -0.05) is 11.6 Å². The number of hydrogen-bond acceptors (Lipinski definition) is 2. The van der Waals surface area contributed by atoms with Crippen molar-refractivity contribution in [3.8, 4) is 0 Å². The van der Waals surface area contributed by atoms with Gasteiger partial charge in [0.15, 0.2) is 0 Å². The second-order valence-electron chi connectivity index (χ2n) is 2.71. The van der Waals surface area contributed by atoms with Crippen molar-refractivity contribution >= 4 is 30.2 Å². The third-order valence-electron chi connectivity index (χ3n) is 1.57. The van der Waals surface area contributed by atoms with Crippen molar-refractivity contribution in [1.29, 1.82) is 0 Å². The van der Waals surface area contributed by atoms with Crippen molar-refractivity contribution in [3.05, 3.63) is 28.8 Å². The smallest absolute Gasteiger partial charge is 0.303 e. The molecule has 70 valence electrons. The summed E-state index contributed by atoms with van der Waals surface area (Å²) in [6, 6.07) is 5.29. The Labute approximate surface area is 86.9 Å². The van der Waals surface area contributed by atoms with Crippen LogP contribution >= 0.6 is 24.2 Å². The summed E-state index contributed by atoms with van der Waals surface area (Å²) in [5.41, 5.74) is 0.903. The average Bonchev–Trinajstić information content (AvgIpc) is 1.99. The van der Waals surface area contributed by atoms with E-state index in [9.17, 15) is 4.79 Å². The zero-order valence-corrected chi connectivity index (χ0v) is 8.48. The van der Waals surface area contributed by atoms with E-state index in [-0.39, 0.29) is 6.42 Å². The molecule has 0 atom stereocenters. The van der Waals surface area contributed by atoms with E-state index in [1.165, 1.54) is 0 Å². The van der Waals surface area contributed by atoms with Crippen LogP contribution in [-0.2, 0) is 11.2 Å². The zero-order chi connectivity index (χ0) is 9.84. The number of aliphatic carboxylic acids is 1. The van der Waals surface area contributed by atoms with Gasteiger partial charge in [0.25, 0.3) is 0 Å². The summed E-state index contributed by atoms with van der Waals surface area (Å²) >= 11 is 9.91. The number of carboxylic acids is 1. The van der Waals surface area contributed by atoms with Crippen LogP contribution in [0.2, 0.25) is 5.02 Å². The van der Waals surface area contributed by atoms with Crippen molar-refractivity contribution in [3.63, 3.8) is 0 Å². The summed E-state index contributed by atoms with van der Waals surface area (Å²) in [5.74, 6) is -0.805. The van der Waals surface area contributed by atoms with Crippen LogP contribution in [0.3, 0.4) is 0 Å². The Balaban J connectivity index is 2.71. The molecule has 13 heavy (non-hydrogen) atoms. The monoisotopic (exact) mass is 216 g/mol. The minimum atomic E-state index is -0.805. The predicted octanol–water partition coefficient (Wildman–Crippen LogP) is 2.65. The van der Waals surface area contributed by atoms with Gasteiger partial charge in [-0.3, -0.25) is 4.79 Å². The Morgan fingerprint density at radius 1 is 1.46 bits per heavy atom. The number of carboxylic acid groups (broad SMARTS) is 1. The molecule has 0 aliphatic rings. The van der Waals surface area contributed by atoms with Gasteiger partial charge in [-0.05, 0) is 30.2 Å².